The number of carbonyl (C=O) groups is 2. The highest BCUT2D eigenvalue weighted by atomic mass is 35.5. The molecule has 0 aliphatic carbocycles. The molecule has 1 amide bonds. The fraction of sp³-hybridized carbons (Fsp3) is 0.222. The lowest BCUT2D eigenvalue weighted by Crippen LogP contribution is -2.22. The normalized spacial score (nSPS) is 11.0. The SMILES string of the molecule is COc1ccc(Cl)cc1CC(=O)OCC(=O)Nc1cccc(C(F)(F)F)c1. The zero-order valence-corrected chi connectivity index (χ0v) is 14.9. The second kappa shape index (κ2) is 8.77. The summed E-state index contributed by atoms with van der Waals surface area (Å²) in [5.74, 6) is -1.04. The Morgan fingerprint density at radius 1 is 1.15 bits per heavy atom. The molecule has 0 aliphatic heterocycles. The predicted octanol–water partition coefficient (Wildman–Crippen LogP) is 4.09. The number of esters is 1. The van der Waals surface area contributed by atoms with Crippen molar-refractivity contribution in [2.24, 2.45) is 0 Å². The van der Waals surface area contributed by atoms with Crippen LogP contribution in [0, 0.1) is 0 Å². The molecule has 5 nitrogen and oxygen atoms in total. The van der Waals surface area contributed by atoms with Crippen LogP contribution in [0.25, 0.3) is 0 Å². The van der Waals surface area contributed by atoms with E-state index in [2.05, 4.69) is 5.32 Å². The Morgan fingerprint density at radius 3 is 2.56 bits per heavy atom. The van der Waals surface area contributed by atoms with Crippen LogP contribution in [0.1, 0.15) is 11.1 Å². The van der Waals surface area contributed by atoms with E-state index in [1.54, 1.807) is 12.1 Å². The summed E-state index contributed by atoms with van der Waals surface area (Å²) in [4.78, 5) is 23.7. The third kappa shape index (κ3) is 6.18. The van der Waals surface area contributed by atoms with Gasteiger partial charge in [-0.05, 0) is 36.4 Å². The van der Waals surface area contributed by atoms with Gasteiger partial charge in [-0.1, -0.05) is 17.7 Å². The molecule has 0 aromatic heterocycles. The van der Waals surface area contributed by atoms with Gasteiger partial charge in [-0.25, -0.2) is 0 Å². The minimum Gasteiger partial charge on any atom is -0.496 e. The topological polar surface area (TPSA) is 64.6 Å². The van der Waals surface area contributed by atoms with Gasteiger partial charge in [0.25, 0.3) is 5.91 Å². The van der Waals surface area contributed by atoms with Crippen LogP contribution >= 0.6 is 11.6 Å². The molecule has 0 radical (unpaired) electrons. The summed E-state index contributed by atoms with van der Waals surface area (Å²) in [5, 5.41) is 2.65. The molecule has 2 rings (SSSR count). The van der Waals surface area contributed by atoms with E-state index in [1.807, 2.05) is 0 Å². The van der Waals surface area contributed by atoms with Crippen LogP contribution in [-0.4, -0.2) is 25.6 Å². The number of hydrogen-bond donors (Lipinski definition) is 1. The molecule has 0 aliphatic rings. The molecule has 27 heavy (non-hydrogen) atoms. The van der Waals surface area contributed by atoms with E-state index >= 15 is 0 Å². The van der Waals surface area contributed by atoms with Crippen LogP contribution in [-0.2, 0) is 26.9 Å². The van der Waals surface area contributed by atoms with Gasteiger partial charge in [-0.3, -0.25) is 9.59 Å². The first-order chi connectivity index (χ1) is 12.7. The quantitative estimate of drug-likeness (QED) is 0.740. The second-order valence-electron chi connectivity index (χ2n) is 5.42. The maximum Gasteiger partial charge on any atom is 0.416 e. The molecule has 2 aromatic carbocycles. The molecule has 0 saturated heterocycles. The number of benzene rings is 2. The Labute approximate surface area is 158 Å². The van der Waals surface area contributed by atoms with Gasteiger partial charge < -0.3 is 14.8 Å². The van der Waals surface area contributed by atoms with Gasteiger partial charge in [0.15, 0.2) is 6.61 Å². The number of nitrogens with one attached hydrogen (secondary N) is 1. The molecule has 0 unspecified atom stereocenters. The van der Waals surface area contributed by atoms with E-state index < -0.39 is 30.2 Å². The number of alkyl halides is 3. The fourth-order valence-electron chi connectivity index (χ4n) is 2.21. The maximum atomic E-state index is 12.7. The number of amides is 1. The largest absolute Gasteiger partial charge is 0.496 e. The van der Waals surface area contributed by atoms with Crippen LogP contribution in [0.5, 0.6) is 5.75 Å². The zero-order chi connectivity index (χ0) is 20.0. The van der Waals surface area contributed by atoms with E-state index in [-0.39, 0.29) is 12.1 Å². The van der Waals surface area contributed by atoms with E-state index in [0.29, 0.717) is 16.3 Å². The van der Waals surface area contributed by atoms with E-state index in [0.717, 1.165) is 18.2 Å². The van der Waals surface area contributed by atoms with E-state index in [9.17, 15) is 22.8 Å². The summed E-state index contributed by atoms with van der Waals surface area (Å²) in [7, 11) is 1.43. The Bertz CT molecular complexity index is 840. The lowest BCUT2D eigenvalue weighted by atomic mass is 10.1. The maximum absolute atomic E-state index is 12.7. The van der Waals surface area contributed by atoms with Gasteiger partial charge in [0.2, 0.25) is 0 Å². The summed E-state index contributed by atoms with van der Waals surface area (Å²) in [6.07, 6.45) is -4.70. The van der Waals surface area contributed by atoms with Crippen molar-refractivity contribution >= 4 is 29.2 Å². The molecule has 0 bridgehead atoms. The van der Waals surface area contributed by atoms with Crippen molar-refractivity contribution in [2.75, 3.05) is 19.0 Å². The molecule has 0 atom stereocenters. The van der Waals surface area contributed by atoms with Crippen LogP contribution in [0.3, 0.4) is 0 Å². The van der Waals surface area contributed by atoms with Crippen LogP contribution in [0.2, 0.25) is 5.02 Å². The lowest BCUT2D eigenvalue weighted by molar-refractivity contribution is -0.146. The zero-order valence-electron chi connectivity index (χ0n) is 14.1. The average molecular weight is 402 g/mol. The third-order valence-electron chi connectivity index (χ3n) is 3.42. The molecule has 144 valence electrons. The number of ether oxygens (including phenoxy) is 2. The average Bonchev–Trinajstić information content (AvgIpc) is 2.60. The Balaban J connectivity index is 1.90. The number of anilines is 1. The molecular formula is C18H15ClF3NO4. The van der Waals surface area contributed by atoms with Crippen LogP contribution in [0.4, 0.5) is 18.9 Å². The summed E-state index contributed by atoms with van der Waals surface area (Å²) in [6, 6.07) is 8.85. The number of methoxy groups -OCH3 is 1. The van der Waals surface area contributed by atoms with Gasteiger partial charge in [-0.2, -0.15) is 13.2 Å². The van der Waals surface area contributed by atoms with Gasteiger partial charge in [0, 0.05) is 16.3 Å². The van der Waals surface area contributed by atoms with Crippen LogP contribution in [0.15, 0.2) is 42.5 Å². The van der Waals surface area contributed by atoms with Gasteiger partial charge >= 0.3 is 12.1 Å². The van der Waals surface area contributed by atoms with E-state index in [4.69, 9.17) is 21.1 Å². The highest BCUT2D eigenvalue weighted by molar-refractivity contribution is 6.30. The Hall–Kier alpha value is -2.74. The monoisotopic (exact) mass is 401 g/mol. The minimum absolute atomic E-state index is 0.0533. The molecule has 1 N–H and O–H groups in total. The number of rotatable bonds is 6. The van der Waals surface area contributed by atoms with Crippen LogP contribution < -0.4 is 10.1 Å². The van der Waals surface area contributed by atoms with Crippen molar-refractivity contribution in [1.82, 2.24) is 0 Å². The summed E-state index contributed by atoms with van der Waals surface area (Å²) >= 11 is 5.87. The minimum atomic E-state index is -4.52. The standard InChI is InChI=1S/C18H15ClF3NO4/c1-26-15-6-5-13(19)7-11(15)8-17(25)27-10-16(24)23-14-4-2-3-12(9-14)18(20,21)22/h2-7,9H,8,10H2,1H3,(H,23,24). The van der Waals surface area contributed by atoms with Gasteiger partial charge in [0.1, 0.15) is 5.75 Å². The van der Waals surface area contributed by atoms with Crippen molar-refractivity contribution < 1.29 is 32.2 Å². The second-order valence-corrected chi connectivity index (χ2v) is 5.86. The first-order valence-corrected chi connectivity index (χ1v) is 8.02. The molecule has 0 saturated carbocycles. The fourth-order valence-corrected chi connectivity index (χ4v) is 2.40. The first kappa shape index (κ1) is 20.6. The van der Waals surface area contributed by atoms with Crippen molar-refractivity contribution in [3.63, 3.8) is 0 Å². The Kier molecular flexibility index (Phi) is 6.68. The van der Waals surface area contributed by atoms with Crippen molar-refractivity contribution in [2.45, 2.75) is 12.6 Å². The van der Waals surface area contributed by atoms with Gasteiger partial charge in [-0.15, -0.1) is 0 Å². The van der Waals surface area contributed by atoms with Crippen molar-refractivity contribution in [3.8, 4) is 5.75 Å². The predicted molar refractivity (Wildman–Crippen MR) is 92.7 cm³/mol. The number of hydrogen-bond acceptors (Lipinski definition) is 4. The third-order valence-corrected chi connectivity index (χ3v) is 3.65. The lowest BCUT2D eigenvalue weighted by Gasteiger charge is -2.11. The van der Waals surface area contributed by atoms with E-state index in [1.165, 1.54) is 19.2 Å². The molecule has 0 spiro atoms. The number of carbonyl (C=O) groups excluding carboxylic acids is 2. The first-order valence-electron chi connectivity index (χ1n) is 7.64. The smallest absolute Gasteiger partial charge is 0.416 e. The molecule has 9 heteroatoms. The molecule has 0 heterocycles. The van der Waals surface area contributed by atoms with Gasteiger partial charge in [0.05, 0.1) is 19.1 Å². The summed E-state index contributed by atoms with van der Waals surface area (Å²) in [6.45, 7) is -0.641. The van der Waals surface area contributed by atoms with Crippen molar-refractivity contribution in [3.05, 3.63) is 58.6 Å². The Morgan fingerprint density at radius 2 is 1.89 bits per heavy atom. The molecule has 2 aromatic rings. The summed E-state index contributed by atoms with van der Waals surface area (Å²) < 4.78 is 47.9. The number of halogens is 4. The van der Waals surface area contributed by atoms with Crippen molar-refractivity contribution in [1.29, 1.82) is 0 Å². The summed E-state index contributed by atoms with van der Waals surface area (Å²) in [5.41, 5.74) is -0.471. The highest BCUT2D eigenvalue weighted by Crippen LogP contribution is 2.30. The molecule has 0 fully saturated rings. The highest BCUT2D eigenvalue weighted by Gasteiger charge is 2.30. The molecular weight excluding hydrogens is 387 g/mol.